The average Bonchev–Trinajstić information content (AvgIpc) is 3.26. The topological polar surface area (TPSA) is 45.2 Å². The predicted octanol–water partition coefficient (Wildman–Crippen LogP) is 4.29. The fraction of sp³-hybridized carbons (Fsp3) is 0.263. The van der Waals surface area contributed by atoms with Gasteiger partial charge in [0, 0.05) is 42.8 Å². The smallest absolute Gasteiger partial charge is 0.251 e. The number of carbonyl (C=O) groups is 1. The third-order valence-corrected chi connectivity index (χ3v) is 5.71. The van der Waals surface area contributed by atoms with Gasteiger partial charge < -0.3 is 10.2 Å². The second-order valence-electron chi connectivity index (χ2n) is 6.13. The lowest BCUT2D eigenvalue weighted by Gasteiger charge is -2.17. The number of anilines is 1. The maximum Gasteiger partial charge on any atom is 0.251 e. The number of thiazole rings is 1. The molecule has 1 atom stereocenters. The summed E-state index contributed by atoms with van der Waals surface area (Å²) in [5.74, 6) is -0.0709. The average molecular weight is 372 g/mol. The number of carbonyl (C=O) groups excluding carboxylic acids is 1. The molecule has 0 fully saturated rings. The standard InChI is InChI=1S/C19H21N3OS2/c1-13-11-25-19(20-13)17(10-14-8-9-24-12-14)21-18(23)15-4-6-16(7-5-15)22(2)3/h4-9,11-12,17H,10H2,1-3H3,(H,21,23). The lowest BCUT2D eigenvalue weighted by atomic mass is 10.1. The molecule has 3 aromatic rings. The number of nitrogens with one attached hydrogen (secondary N) is 1. The molecule has 6 heteroatoms. The van der Waals surface area contributed by atoms with Gasteiger partial charge >= 0.3 is 0 Å². The van der Waals surface area contributed by atoms with Crippen molar-refractivity contribution in [2.75, 3.05) is 19.0 Å². The Hall–Kier alpha value is -2.18. The van der Waals surface area contributed by atoms with Gasteiger partial charge in [-0.15, -0.1) is 11.3 Å². The summed E-state index contributed by atoms with van der Waals surface area (Å²) in [6.45, 7) is 1.98. The molecule has 0 saturated heterocycles. The Morgan fingerprint density at radius 2 is 1.96 bits per heavy atom. The van der Waals surface area contributed by atoms with E-state index in [0.29, 0.717) is 5.56 Å². The Kier molecular flexibility index (Phi) is 5.50. The number of hydrogen-bond acceptors (Lipinski definition) is 5. The van der Waals surface area contributed by atoms with E-state index >= 15 is 0 Å². The minimum atomic E-state index is -0.116. The molecule has 0 aliphatic rings. The van der Waals surface area contributed by atoms with Crippen LogP contribution in [0.1, 0.15) is 32.7 Å². The van der Waals surface area contributed by atoms with Gasteiger partial charge in [-0.2, -0.15) is 11.3 Å². The molecule has 1 aromatic carbocycles. The Morgan fingerprint density at radius 1 is 1.20 bits per heavy atom. The van der Waals surface area contributed by atoms with Gasteiger partial charge in [-0.1, -0.05) is 0 Å². The summed E-state index contributed by atoms with van der Waals surface area (Å²) in [5.41, 5.74) is 3.93. The fourth-order valence-corrected chi connectivity index (χ4v) is 4.06. The van der Waals surface area contributed by atoms with Crippen LogP contribution in [-0.4, -0.2) is 25.0 Å². The number of benzene rings is 1. The van der Waals surface area contributed by atoms with Gasteiger partial charge in [-0.25, -0.2) is 4.98 Å². The highest BCUT2D eigenvalue weighted by atomic mass is 32.1. The molecular formula is C19H21N3OS2. The van der Waals surface area contributed by atoms with Crippen LogP contribution in [0.5, 0.6) is 0 Å². The zero-order valence-corrected chi connectivity index (χ0v) is 16.2. The number of thiophene rings is 1. The third-order valence-electron chi connectivity index (χ3n) is 3.91. The van der Waals surface area contributed by atoms with E-state index in [0.717, 1.165) is 22.8 Å². The second kappa shape index (κ2) is 7.80. The summed E-state index contributed by atoms with van der Waals surface area (Å²) < 4.78 is 0. The molecule has 2 heterocycles. The minimum absolute atomic E-state index is 0.0709. The summed E-state index contributed by atoms with van der Waals surface area (Å²) in [6.07, 6.45) is 0.748. The van der Waals surface area contributed by atoms with Crippen LogP contribution in [0.2, 0.25) is 0 Å². The number of aromatic nitrogens is 1. The van der Waals surface area contributed by atoms with E-state index in [4.69, 9.17) is 0 Å². The first kappa shape index (κ1) is 17.6. The van der Waals surface area contributed by atoms with Crippen molar-refractivity contribution in [1.29, 1.82) is 0 Å². The van der Waals surface area contributed by atoms with E-state index in [1.54, 1.807) is 22.7 Å². The van der Waals surface area contributed by atoms with E-state index in [2.05, 4.69) is 27.1 Å². The van der Waals surface area contributed by atoms with Gasteiger partial charge in [0.15, 0.2) is 0 Å². The summed E-state index contributed by atoms with van der Waals surface area (Å²) in [4.78, 5) is 19.3. The Morgan fingerprint density at radius 3 is 2.52 bits per heavy atom. The maximum absolute atomic E-state index is 12.7. The lowest BCUT2D eigenvalue weighted by molar-refractivity contribution is 0.0936. The Labute approximate surface area is 156 Å². The Balaban J connectivity index is 1.78. The molecule has 1 N–H and O–H groups in total. The summed E-state index contributed by atoms with van der Waals surface area (Å²) in [7, 11) is 3.97. The molecule has 1 amide bonds. The van der Waals surface area contributed by atoms with Crippen LogP contribution in [0.3, 0.4) is 0 Å². The zero-order chi connectivity index (χ0) is 17.8. The van der Waals surface area contributed by atoms with Gasteiger partial charge in [0.25, 0.3) is 5.91 Å². The van der Waals surface area contributed by atoms with Crippen LogP contribution in [0.4, 0.5) is 5.69 Å². The van der Waals surface area contributed by atoms with Crippen molar-refractivity contribution >= 4 is 34.3 Å². The molecule has 25 heavy (non-hydrogen) atoms. The van der Waals surface area contributed by atoms with Crippen LogP contribution in [0, 0.1) is 6.92 Å². The van der Waals surface area contributed by atoms with Crippen molar-refractivity contribution in [2.24, 2.45) is 0 Å². The monoisotopic (exact) mass is 371 g/mol. The van der Waals surface area contributed by atoms with Crippen molar-refractivity contribution in [2.45, 2.75) is 19.4 Å². The van der Waals surface area contributed by atoms with E-state index in [1.807, 2.05) is 55.6 Å². The van der Waals surface area contributed by atoms with Crippen molar-refractivity contribution in [3.8, 4) is 0 Å². The Bertz CT molecular complexity index is 823. The van der Waals surface area contributed by atoms with E-state index in [9.17, 15) is 4.79 Å². The van der Waals surface area contributed by atoms with Crippen LogP contribution in [0.25, 0.3) is 0 Å². The molecule has 0 aliphatic heterocycles. The minimum Gasteiger partial charge on any atom is -0.378 e. The third kappa shape index (κ3) is 4.46. The van der Waals surface area contributed by atoms with E-state index in [-0.39, 0.29) is 11.9 Å². The highest BCUT2D eigenvalue weighted by molar-refractivity contribution is 7.09. The van der Waals surface area contributed by atoms with Gasteiger partial charge in [-0.05, 0) is 53.6 Å². The molecule has 0 spiro atoms. The molecule has 1 unspecified atom stereocenters. The maximum atomic E-state index is 12.7. The number of aryl methyl sites for hydroxylation is 1. The SMILES string of the molecule is Cc1csc(C(Cc2ccsc2)NC(=O)c2ccc(N(C)C)cc2)n1. The van der Waals surface area contributed by atoms with Crippen molar-refractivity contribution in [3.63, 3.8) is 0 Å². The number of rotatable bonds is 6. The van der Waals surface area contributed by atoms with Crippen LogP contribution in [0.15, 0.2) is 46.5 Å². The molecule has 0 saturated carbocycles. The van der Waals surface area contributed by atoms with Crippen LogP contribution in [-0.2, 0) is 6.42 Å². The van der Waals surface area contributed by atoms with Gasteiger partial charge in [0.2, 0.25) is 0 Å². The van der Waals surface area contributed by atoms with Gasteiger partial charge in [0.05, 0.1) is 6.04 Å². The van der Waals surface area contributed by atoms with Gasteiger partial charge in [0.1, 0.15) is 5.01 Å². The van der Waals surface area contributed by atoms with Gasteiger partial charge in [-0.3, -0.25) is 4.79 Å². The number of amides is 1. The number of hydrogen-bond donors (Lipinski definition) is 1. The van der Waals surface area contributed by atoms with E-state index in [1.165, 1.54) is 5.56 Å². The zero-order valence-electron chi connectivity index (χ0n) is 14.5. The molecule has 2 aromatic heterocycles. The lowest BCUT2D eigenvalue weighted by Crippen LogP contribution is -2.30. The highest BCUT2D eigenvalue weighted by Crippen LogP contribution is 2.24. The number of nitrogens with zero attached hydrogens (tertiary/aromatic N) is 2. The first-order chi connectivity index (χ1) is 12.0. The quantitative estimate of drug-likeness (QED) is 0.703. The van der Waals surface area contributed by atoms with E-state index < -0.39 is 0 Å². The van der Waals surface area contributed by atoms with Crippen LogP contribution < -0.4 is 10.2 Å². The second-order valence-corrected chi connectivity index (χ2v) is 7.80. The molecular weight excluding hydrogens is 350 g/mol. The molecule has 0 radical (unpaired) electrons. The summed E-state index contributed by atoms with van der Waals surface area (Å²) >= 11 is 3.26. The molecule has 130 valence electrons. The fourth-order valence-electron chi connectivity index (χ4n) is 2.53. The molecule has 4 nitrogen and oxygen atoms in total. The van der Waals surface area contributed by atoms with Crippen molar-refractivity contribution in [1.82, 2.24) is 10.3 Å². The van der Waals surface area contributed by atoms with Crippen molar-refractivity contribution < 1.29 is 4.79 Å². The summed E-state index contributed by atoms with van der Waals surface area (Å²) in [5, 5.41) is 10.3. The normalized spacial score (nSPS) is 12.0. The summed E-state index contributed by atoms with van der Waals surface area (Å²) in [6, 6.07) is 9.61. The highest BCUT2D eigenvalue weighted by Gasteiger charge is 2.19. The van der Waals surface area contributed by atoms with Crippen LogP contribution >= 0.6 is 22.7 Å². The molecule has 0 aliphatic carbocycles. The largest absolute Gasteiger partial charge is 0.378 e. The first-order valence-corrected chi connectivity index (χ1v) is 9.86. The van der Waals surface area contributed by atoms with Crippen molar-refractivity contribution in [3.05, 3.63) is 68.3 Å². The molecule has 3 rings (SSSR count). The predicted molar refractivity (Wildman–Crippen MR) is 106 cm³/mol. The molecule has 0 bridgehead atoms. The first-order valence-electron chi connectivity index (χ1n) is 8.04.